The van der Waals surface area contributed by atoms with Crippen molar-refractivity contribution in [2.24, 2.45) is 0 Å². The summed E-state index contributed by atoms with van der Waals surface area (Å²) in [6, 6.07) is 18.3. The number of carbonyl (C=O) groups is 1. The minimum Gasteiger partial charge on any atom is -0.496 e. The van der Waals surface area contributed by atoms with Crippen LogP contribution in [0.15, 0.2) is 54.6 Å². The van der Waals surface area contributed by atoms with Crippen LogP contribution in [0.2, 0.25) is 0 Å². The third kappa shape index (κ3) is 6.59. The van der Waals surface area contributed by atoms with Crippen molar-refractivity contribution in [1.82, 2.24) is 10.2 Å². The van der Waals surface area contributed by atoms with E-state index < -0.39 is 0 Å². The third-order valence-electron chi connectivity index (χ3n) is 4.26. The quantitative estimate of drug-likeness (QED) is 0.722. The van der Waals surface area contributed by atoms with Crippen molar-refractivity contribution < 1.29 is 9.53 Å². The summed E-state index contributed by atoms with van der Waals surface area (Å²) in [7, 11) is 1.67. The molecule has 4 nitrogen and oxygen atoms in total. The molecule has 0 radical (unpaired) electrons. The van der Waals surface area contributed by atoms with Crippen molar-refractivity contribution in [1.29, 1.82) is 0 Å². The topological polar surface area (TPSA) is 41.6 Å². The van der Waals surface area contributed by atoms with Gasteiger partial charge in [-0.25, -0.2) is 0 Å². The van der Waals surface area contributed by atoms with E-state index in [4.69, 9.17) is 4.74 Å². The number of amides is 1. The summed E-state index contributed by atoms with van der Waals surface area (Å²) in [6.07, 6.45) is 1.30. The Balaban J connectivity index is 1.70. The van der Waals surface area contributed by atoms with E-state index in [1.807, 2.05) is 42.5 Å². The molecule has 0 aromatic heterocycles. The summed E-state index contributed by atoms with van der Waals surface area (Å²) >= 11 is 0. The maximum Gasteiger partial charge on any atom is 0.221 e. The van der Waals surface area contributed by atoms with E-state index in [9.17, 15) is 4.79 Å². The molecule has 2 aromatic carbocycles. The lowest BCUT2D eigenvalue weighted by atomic mass is 10.1. The average molecular weight is 340 g/mol. The van der Waals surface area contributed by atoms with Crippen LogP contribution in [0.25, 0.3) is 0 Å². The molecule has 1 N–H and O–H groups in total. The second-order valence-corrected chi connectivity index (χ2v) is 6.02. The number of methoxy groups -OCH3 is 1. The van der Waals surface area contributed by atoms with Crippen LogP contribution in [0.3, 0.4) is 0 Å². The molecule has 0 aliphatic rings. The molecule has 0 bridgehead atoms. The Bertz CT molecular complexity index is 643. The first-order valence-electron chi connectivity index (χ1n) is 8.87. The lowest BCUT2D eigenvalue weighted by Gasteiger charge is -2.20. The normalized spacial score (nSPS) is 10.7. The van der Waals surface area contributed by atoms with Gasteiger partial charge in [-0.05, 0) is 30.2 Å². The van der Waals surface area contributed by atoms with Crippen LogP contribution in [0.4, 0.5) is 0 Å². The van der Waals surface area contributed by atoms with Gasteiger partial charge in [0.15, 0.2) is 0 Å². The first kappa shape index (κ1) is 19.0. The number of carbonyl (C=O) groups excluding carboxylic acids is 1. The zero-order valence-electron chi connectivity index (χ0n) is 15.2. The fraction of sp³-hybridized carbons (Fsp3) is 0.381. The average Bonchev–Trinajstić information content (AvgIpc) is 2.66. The molecule has 0 saturated carbocycles. The number of nitrogens with one attached hydrogen (secondary N) is 1. The van der Waals surface area contributed by atoms with E-state index in [2.05, 4.69) is 29.3 Å². The molecule has 2 aromatic rings. The molecule has 0 heterocycles. The second kappa shape index (κ2) is 10.5. The van der Waals surface area contributed by atoms with Crippen molar-refractivity contribution in [2.75, 3.05) is 26.7 Å². The summed E-state index contributed by atoms with van der Waals surface area (Å²) in [6.45, 7) is 5.34. The Kier molecular flexibility index (Phi) is 7.99. The Morgan fingerprint density at radius 3 is 2.52 bits per heavy atom. The van der Waals surface area contributed by atoms with Gasteiger partial charge in [-0.2, -0.15) is 0 Å². The fourth-order valence-corrected chi connectivity index (χ4v) is 2.78. The van der Waals surface area contributed by atoms with Crippen molar-refractivity contribution in [2.45, 2.75) is 26.3 Å². The molecule has 0 aliphatic heterocycles. The van der Waals surface area contributed by atoms with Gasteiger partial charge < -0.3 is 10.1 Å². The largest absolute Gasteiger partial charge is 0.496 e. The Labute approximate surface area is 150 Å². The predicted molar refractivity (Wildman–Crippen MR) is 102 cm³/mol. The van der Waals surface area contributed by atoms with Gasteiger partial charge in [0.05, 0.1) is 7.11 Å². The fourth-order valence-electron chi connectivity index (χ4n) is 2.78. The molecule has 0 unspecified atom stereocenters. The number of ether oxygens (including phenoxy) is 1. The summed E-state index contributed by atoms with van der Waals surface area (Å²) in [5.74, 6) is 0.971. The van der Waals surface area contributed by atoms with Gasteiger partial charge in [0, 0.05) is 26.1 Å². The van der Waals surface area contributed by atoms with Crippen molar-refractivity contribution >= 4 is 5.91 Å². The molecule has 0 aliphatic carbocycles. The van der Waals surface area contributed by atoms with E-state index in [-0.39, 0.29) is 5.91 Å². The van der Waals surface area contributed by atoms with Gasteiger partial charge in [0.2, 0.25) is 5.91 Å². The molecule has 0 atom stereocenters. The SMILES string of the molecule is CCN(CCC(=O)NCCc1ccccc1OC)Cc1ccccc1. The van der Waals surface area contributed by atoms with Crippen LogP contribution in [0.1, 0.15) is 24.5 Å². The monoisotopic (exact) mass is 340 g/mol. The molecule has 25 heavy (non-hydrogen) atoms. The van der Waals surface area contributed by atoms with Crippen molar-refractivity contribution in [3.63, 3.8) is 0 Å². The highest BCUT2D eigenvalue weighted by molar-refractivity contribution is 5.76. The number of hydrogen-bond acceptors (Lipinski definition) is 3. The van der Waals surface area contributed by atoms with Crippen LogP contribution < -0.4 is 10.1 Å². The molecule has 4 heteroatoms. The summed E-state index contributed by atoms with van der Waals surface area (Å²) in [5, 5.41) is 3.00. The maximum atomic E-state index is 12.1. The molecule has 0 saturated heterocycles. The summed E-state index contributed by atoms with van der Waals surface area (Å²) < 4.78 is 5.33. The zero-order chi connectivity index (χ0) is 17.9. The molecule has 2 rings (SSSR count). The standard InChI is InChI=1S/C21H28N2O2/c1-3-23(17-18-9-5-4-6-10-18)16-14-21(24)22-15-13-19-11-7-8-12-20(19)25-2/h4-12H,3,13-17H2,1-2H3,(H,22,24). The van der Waals surface area contributed by atoms with Gasteiger partial charge in [0.1, 0.15) is 5.75 Å². The van der Waals surface area contributed by atoms with Crippen molar-refractivity contribution in [3.8, 4) is 5.75 Å². The number of rotatable bonds is 10. The van der Waals surface area contributed by atoms with Crippen LogP contribution in [-0.2, 0) is 17.8 Å². The van der Waals surface area contributed by atoms with E-state index in [0.29, 0.717) is 13.0 Å². The Morgan fingerprint density at radius 2 is 1.80 bits per heavy atom. The lowest BCUT2D eigenvalue weighted by molar-refractivity contribution is -0.121. The van der Waals surface area contributed by atoms with E-state index in [1.54, 1.807) is 7.11 Å². The first-order chi connectivity index (χ1) is 12.2. The molecular formula is C21H28N2O2. The van der Waals surface area contributed by atoms with Gasteiger partial charge in [-0.1, -0.05) is 55.5 Å². The lowest BCUT2D eigenvalue weighted by Crippen LogP contribution is -2.31. The van der Waals surface area contributed by atoms with Crippen LogP contribution >= 0.6 is 0 Å². The Hall–Kier alpha value is -2.33. The highest BCUT2D eigenvalue weighted by atomic mass is 16.5. The molecule has 134 valence electrons. The van der Waals surface area contributed by atoms with Gasteiger partial charge >= 0.3 is 0 Å². The minimum absolute atomic E-state index is 0.0985. The maximum absolute atomic E-state index is 12.1. The van der Waals surface area contributed by atoms with Crippen molar-refractivity contribution in [3.05, 3.63) is 65.7 Å². The zero-order valence-corrected chi connectivity index (χ0v) is 15.2. The van der Waals surface area contributed by atoms with E-state index in [0.717, 1.165) is 37.4 Å². The number of nitrogens with zero attached hydrogens (tertiary/aromatic N) is 1. The van der Waals surface area contributed by atoms with E-state index >= 15 is 0 Å². The number of para-hydroxylation sites is 1. The van der Waals surface area contributed by atoms with Gasteiger partial charge in [0.25, 0.3) is 0 Å². The van der Waals surface area contributed by atoms with Gasteiger partial charge in [-0.3, -0.25) is 9.69 Å². The highest BCUT2D eigenvalue weighted by Gasteiger charge is 2.08. The van der Waals surface area contributed by atoms with Crippen LogP contribution in [0.5, 0.6) is 5.75 Å². The second-order valence-electron chi connectivity index (χ2n) is 6.02. The van der Waals surface area contributed by atoms with Crippen LogP contribution in [-0.4, -0.2) is 37.6 Å². The minimum atomic E-state index is 0.0985. The molecule has 1 amide bonds. The van der Waals surface area contributed by atoms with Gasteiger partial charge in [-0.15, -0.1) is 0 Å². The molecule has 0 fully saturated rings. The number of benzene rings is 2. The van der Waals surface area contributed by atoms with Crippen LogP contribution in [0, 0.1) is 0 Å². The summed E-state index contributed by atoms with van der Waals surface area (Å²) in [5.41, 5.74) is 2.39. The predicted octanol–water partition coefficient (Wildman–Crippen LogP) is 3.27. The molecule has 0 spiro atoms. The number of hydrogen-bond donors (Lipinski definition) is 1. The smallest absolute Gasteiger partial charge is 0.221 e. The molecular weight excluding hydrogens is 312 g/mol. The summed E-state index contributed by atoms with van der Waals surface area (Å²) in [4.78, 5) is 14.4. The van der Waals surface area contributed by atoms with E-state index in [1.165, 1.54) is 5.56 Å². The highest BCUT2D eigenvalue weighted by Crippen LogP contribution is 2.17. The first-order valence-corrected chi connectivity index (χ1v) is 8.87. The third-order valence-corrected chi connectivity index (χ3v) is 4.26. The Morgan fingerprint density at radius 1 is 1.08 bits per heavy atom.